The number of ether oxygens (including phenoxy) is 1. The molecule has 1 saturated heterocycles. The van der Waals surface area contributed by atoms with Crippen molar-refractivity contribution in [3.05, 3.63) is 23.2 Å². The van der Waals surface area contributed by atoms with Gasteiger partial charge >= 0.3 is 0 Å². The third kappa shape index (κ3) is 4.09. The highest BCUT2D eigenvalue weighted by Gasteiger charge is 2.22. The SMILES string of the molecule is CN1CCCN(CC(=O)NC2CCOCC2)c2cc(Cl)ccc21. The summed E-state index contributed by atoms with van der Waals surface area (Å²) in [6, 6.07) is 6.14. The molecule has 0 aliphatic carbocycles. The molecule has 1 amide bonds. The number of benzene rings is 1. The number of hydrogen-bond acceptors (Lipinski definition) is 4. The molecule has 0 radical (unpaired) electrons. The van der Waals surface area contributed by atoms with E-state index in [2.05, 4.69) is 22.2 Å². The molecule has 1 fully saturated rings. The zero-order chi connectivity index (χ0) is 16.2. The highest BCUT2D eigenvalue weighted by Crippen LogP contribution is 2.33. The van der Waals surface area contributed by atoms with E-state index in [9.17, 15) is 4.79 Å². The first-order valence-electron chi connectivity index (χ1n) is 8.26. The molecule has 23 heavy (non-hydrogen) atoms. The minimum atomic E-state index is 0.0763. The van der Waals surface area contributed by atoms with Crippen LogP contribution in [0.15, 0.2) is 18.2 Å². The maximum Gasteiger partial charge on any atom is 0.239 e. The second kappa shape index (κ2) is 7.41. The molecule has 1 N–H and O–H groups in total. The Morgan fingerprint density at radius 1 is 1.30 bits per heavy atom. The highest BCUT2D eigenvalue weighted by molar-refractivity contribution is 6.31. The summed E-state index contributed by atoms with van der Waals surface area (Å²) in [6.45, 7) is 3.68. The molecule has 0 saturated carbocycles. The van der Waals surface area contributed by atoms with Crippen LogP contribution in [0, 0.1) is 0 Å². The first-order valence-corrected chi connectivity index (χ1v) is 8.64. The Hall–Kier alpha value is -1.46. The van der Waals surface area contributed by atoms with Gasteiger partial charge in [0, 0.05) is 44.4 Å². The molecule has 0 atom stereocenters. The summed E-state index contributed by atoms with van der Waals surface area (Å²) in [4.78, 5) is 16.8. The molecule has 3 rings (SSSR count). The van der Waals surface area contributed by atoms with Crippen LogP contribution in [-0.4, -0.2) is 51.8 Å². The molecule has 2 aliphatic rings. The molecule has 0 unspecified atom stereocenters. The number of hydrogen-bond donors (Lipinski definition) is 1. The number of nitrogens with one attached hydrogen (secondary N) is 1. The first-order chi connectivity index (χ1) is 11.1. The lowest BCUT2D eigenvalue weighted by molar-refractivity contribution is -0.121. The summed E-state index contributed by atoms with van der Waals surface area (Å²) in [6.07, 6.45) is 2.82. The third-order valence-corrected chi connectivity index (χ3v) is 4.77. The quantitative estimate of drug-likeness (QED) is 0.919. The Bertz CT molecular complexity index is 561. The van der Waals surface area contributed by atoms with E-state index in [0.29, 0.717) is 11.6 Å². The molecule has 1 aromatic rings. The van der Waals surface area contributed by atoms with Crippen molar-refractivity contribution < 1.29 is 9.53 Å². The van der Waals surface area contributed by atoms with Crippen LogP contribution in [0.2, 0.25) is 5.02 Å². The van der Waals surface area contributed by atoms with E-state index in [-0.39, 0.29) is 11.9 Å². The van der Waals surface area contributed by atoms with Crippen LogP contribution in [0.3, 0.4) is 0 Å². The van der Waals surface area contributed by atoms with Gasteiger partial charge in [-0.3, -0.25) is 4.79 Å². The van der Waals surface area contributed by atoms with E-state index in [0.717, 1.165) is 56.9 Å². The average molecular weight is 338 g/mol. The average Bonchev–Trinajstić information content (AvgIpc) is 2.68. The number of rotatable bonds is 3. The van der Waals surface area contributed by atoms with Gasteiger partial charge in [0.15, 0.2) is 0 Å². The topological polar surface area (TPSA) is 44.8 Å². The minimum Gasteiger partial charge on any atom is -0.381 e. The van der Waals surface area contributed by atoms with Crippen molar-refractivity contribution in [2.45, 2.75) is 25.3 Å². The maximum absolute atomic E-state index is 12.4. The lowest BCUT2D eigenvalue weighted by Crippen LogP contribution is -2.44. The number of halogens is 1. The Labute approximate surface area is 142 Å². The lowest BCUT2D eigenvalue weighted by atomic mass is 10.1. The molecule has 2 heterocycles. The van der Waals surface area contributed by atoms with Gasteiger partial charge in [-0.05, 0) is 37.5 Å². The van der Waals surface area contributed by atoms with Crippen LogP contribution in [0.5, 0.6) is 0 Å². The minimum absolute atomic E-state index is 0.0763. The molecule has 0 spiro atoms. The Morgan fingerprint density at radius 2 is 2.09 bits per heavy atom. The fourth-order valence-electron chi connectivity index (χ4n) is 3.27. The predicted molar refractivity (Wildman–Crippen MR) is 93.5 cm³/mol. The van der Waals surface area contributed by atoms with Gasteiger partial charge in [-0.2, -0.15) is 0 Å². The van der Waals surface area contributed by atoms with Crippen molar-refractivity contribution in [3.63, 3.8) is 0 Å². The summed E-state index contributed by atoms with van der Waals surface area (Å²) >= 11 is 6.18. The molecule has 2 aliphatic heterocycles. The van der Waals surface area contributed by atoms with E-state index in [1.54, 1.807) is 0 Å². The van der Waals surface area contributed by atoms with Gasteiger partial charge in [0.2, 0.25) is 5.91 Å². The van der Waals surface area contributed by atoms with Gasteiger partial charge in [0.05, 0.1) is 17.9 Å². The number of nitrogens with zero attached hydrogens (tertiary/aromatic N) is 2. The van der Waals surface area contributed by atoms with E-state index in [1.165, 1.54) is 0 Å². The first kappa shape index (κ1) is 16.4. The highest BCUT2D eigenvalue weighted by atomic mass is 35.5. The molecule has 1 aromatic carbocycles. The Morgan fingerprint density at radius 3 is 2.87 bits per heavy atom. The van der Waals surface area contributed by atoms with Crippen LogP contribution < -0.4 is 15.1 Å². The second-order valence-corrected chi connectivity index (χ2v) is 6.72. The zero-order valence-corrected chi connectivity index (χ0v) is 14.3. The molecule has 5 nitrogen and oxygen atoms in total. The summed E-state index contributed by atoms with van der Waals surface area (Å²) in [5.74, 6) is 0.0763. The largest absolute Gasteiger partial charge is 0.381 e. The number of amides is 1. The van der Waals surface area contributed by atoms with E-state index < -0.39 is 0 Å². The standard InChI is InChI=1S/C17H24ClN3O2/c1-20-7-2-8-21(16-11-13(18)3-4-15(16)20)12-17(22)19-14-5-9-23-10-6-14/h3-4,11,14H,2,5-10,12H2,1H3,(H,19,22). The predicted octanol–water partition coefficient (Wildman–Crippen LogP) is 2.28. The summed E-state index contributed by atoms with van der Waals surface area (Å²) < 4.78 is 5.34. The van der Waals surface area contributed by atoms with Crippen molar-refractivity contribution in [2.75, 3.05) is 49.7 Å². The molecule has 6 heteroatoms. The van der Waals surface area contributed by atoms with Crippen LogP contribution in [-0.2, 0) is 9.53 Å². The van der Waals surface area contributed by atoms with E-state index in [4.69, 9.17) is 16.3 Å². The molecular formula is C17H24ClN3O2. The molecular weight excluding hydrogens is 314 g/mol. The van der Waals surface area contributed by atoms with Gasteiger partial charge < -0.3 is 19.9 Å². The van der Waals surface area contributed by atoms with Gasteiger partial charge in [-0.1, -0.05) is 11.6 Å². The lowest BCUT2D eigenvalue weighted by Gasteiger charge is -2.28. The van der Waals surface area contributed by atoms with Crippen molar-refractivity contribution in [1.29, 1.82) is 0 Å². The summed E-state index contributed by atoms with van der Waals surface area (Å²) in [7, 11) is 2.08. The summed E-state index contributed by atoms with van der Waals surface area (Å²) in [5, 5.41) is 3.84. The van der Waals surface area contributed by atoms with Crippen LogP contribution in [0.4, 0.5) is 11.4 Å². The molecule has 0 bridgehead atoms. The van der Waals surface area contributed by atoms with Gasteiger partial charge in [-0.15, -0.1) is 0 Å². The smallest absolute Gasteiger partial charge is 0.239 e. The zero-order valence-electron chi connectivity index (χ0n) is 13.6. The Balaban J connectivity index is 1.70. The number of fused-ring (bicyclic) bond motifs is 1. The third-order valence-electron chi connectivity index (χ3n) is 4.53. The maximum atomic E-state index is 12.4. The van der Waals surface area contributed by atoms with Crippen LogP contribution >= 0.6 is 11.6 Å². The fraction of sp³-hybridized carbons (Fsp3) is 0.588. The van der Waals surface area contributed by atoms with Crippen molar-refractivity contribution in [2.24, 2.45) is 0 Å². The van der Waals surface area contributed by atoms with Crippen LogP contribution in [0.25, 0.3) is 0 Å². The monoisotopic (exact) mass is 337 g/mol. The van der Waals surface area contributed by atoms with Crippen molar-refractivity contribution >= 4 is 28.9 Å². The fourth-order valence-corrected chi connectivity index (χ4v) is 3.43. The molecule has 126 valence electrons. The van der Waals surface area contributed by atoms with E-state index in [1.807, 2.05) is 18.2 Å². The van der Waals surface area contributed by atoms with Gasteiger partial charge in [0.25, 0.3) is 0 Å². The number of anilines is 2. The van der Waals surface area contributed by atoms with Gasteiger partial charge in [0.1, 0.15) is 0 Å². The van der Waals surface area contributed by atoms with E-state index >= 15 is 0 Å². The normalized spacial score (nSPS) is 19.2. The van der Waals surface area contributed by atoms with Crippen molar-refractivity contribution in [3.8, 4) is 0 Å². The number of carbonyl (C=O) groups is 1. The van der Waals surface area contributed by atoms with Crippen molar-refractivity contribution in [1.82, 2.24) is 5.32 Å². The van der Waals surface area contributed by atoms with Gasteiger partial charge in [-0.25, -0.2) is 0 Å². The molecule has 0 aromatic heterocycles. The number of carbonyl (C=O) groups excluding carboxylic acids is 1. The second-order valence-electron chi connectivity index (χ2n) is 6.28. The van der Waals surface area contributed by atoms with Crippen LogP contribution in [0.1, 0.15) is 19.3 Å². The Kier molecular flexibility index (Phi) is 5.28. The summed E-state index contributed by atoms with van der Waals surface area (Å²) in [5.41, 5.74) is 2.17.